The van der Waals surface area contributed by atoms with Gasteiger partial charge in [0, 0.05) is 16.7 Å². The zero-order valence-electron chi connectivity index (χ0n) is 9.59. The average Bonchev–Trinajstić information content (AvgIpc) is 2.65. The van der Waals surface area contributed by atoms with E-state index >= 15 is 0 Å². The number of hydrogen-bond donors (Lipinski definition) is 0. The molecule has 1 saturated carbocycles. The Kier molecular flexibility index (Phi) is 3.36. The number of thiazole rings is 1. The van der Waals surface area contributed by atoms with Crippen LogP contribution in [0.5, 0.6) is 0 Å². The third-order valence-electron chi connectivity index (χ3n) is 3.64. The van der Waals surface area contributed by atoms with Crippen LogP contribution in [-0.4, -0.2) is 10.4 Å². The molecule has 0 bridgehead atoms. The Balaban J connectivity index is 2.03. The molecule has 1 nitrogen and oxygen atoms in total. The van der Waals surface area contributed by atoms with E-state index < -0.39 is 0 Å². The van der Waals surface area contributed by atoms with Gasteiger partial charge in [-0.25, -0.2) is 4.98 Å². The van der Waals surface area contributed by atoms with Gasteiger partial charge in [0.1, 0.15) is 0 Å². The molecular formula is C12H18ClNS. The zero-order chi connectivity index (χ0) is 11.0. The highest BCUT2D eigenvalue weighted by Crippen LogP contribution is 2.38. The predicted octanol–water partition coefficient (Wildman–Crippen LogP) is 3.96. The third-order valence-corrected chi connectivity index (χ3v) is 5.35. The van der Waals surface area contributed by atoms with Crippen LogP contribution in [0.4, 0.5) is 0 Å². The van der Waals surface area contributed by atoms with E-state index in [-0.39, 0.29) is 0 Å². The van der Waals surface area contributed by atoms with Crippen LogP contribution in [0.25, 0.3) is 0 Å². The zero-order valence-corrected chi connectivity index (χ0v) is 11.2. The van der Waals surface area contributed by atoms with E-state index in [0.29, 0.717) is 11.3 Å². The first kappa shape index (κ1) is 11.4. The molecule has 0 aromatic carbocycles. The maximum absolute atomic E-state index is 6.24. The summed E-state index contributed by atoms with van der Waals surface area (Å²) in [5.74, 6) is 1.40. The molecule has 2 rings (SSSR count). The molecule has 3 atom stereocenters. The van der Waals surface area contributed by atoms with Gasteiger partial charge in [-0.3, -0.25) is 0 Å². The van der Waals surface area contributed by atoms with Gasteiger partial charge in [-0.05, 0) is 38.5 Å². The second-order valence-electron chi connectivity index (χ2n) is 4.67. The van der Waals surface area contributed by atoms with Gasteiger partial charge in [0.25, 0.3) is 0 Å². The number of hydrogen-bond acceptors (Lipinski definition) is 2. The smallest absolute Gasteiger partial charge is 0.0933 e. The van der Waals surface area contributed by atoms with Gasteiger partial charge in [0.15, 0.2) is 0 Å². The number of halogens is 1. The van der Waals surface area contributed by atoms with Crippen molar-refractivity contribution in [2.24, 2.45) is 11.8 Å². The van der Waals surface area contributed by atoms with Crippen LogP contribution < -0.4 is 0 Å². The SMILES string of the molecule is Cc1nc(CC2CCC(Cl)C2C)sc1C. The van der Waals surface area contributed by atoms with Crippen LogP contribution in [0.15, 0.2) is 0 Å². The fourth-order valence-corrected chi connectivity index (χ4v) is 3.69. The lowest BCUT2D eigenvalue weighted by atomic mass is 9.95. The molecule has 15 heavy (non-hydrogen) atoms. The molecule has 84 valence electrons. The van der Waals surface area contributed by atoms with Crippen LogP contribution in [0.2, 0.25) is 0 Å². The van der Waals surface area contributed by atoms with Crippen LogP contribution in [0, 0.1) is 25.7 Å². The molecule has 0 saturated heterocycles. The molecule has 1 aliphatic carbocycles. The predicted molar refractivity (Wildman–Crippen MR) is 66.8 cm³/mol. The van der Waals surface area contributed by atoms with Gasteiger partial charge in [-0.2, -0.15) is 0 Å². The quantitative estimate of drug-likeness (QED) is 0.717. The highest BCUT2D eigenvalue weighted by atomic mass is 35.5. The third kappa shape index (κ3) is 2.36. The van der Waals surface area contributed by atoms with Crippen molar-refractivity contribution in [2.75, 3.05) is 0 Å². The summed E-state index contributed by atoms with van der Waals surface area (Å²) in [5.41, 5.74) is 1.20. The monoisotopic (exact) mass is 243 g/mol. The molecule has 0 radical (unpaired) electrons. The Bertz CT molecular complexity index is 328. The number of rotatable bonds is 2. The fraction of sp³-hybridized carbons (Fsp3) is 0.750. The van der Waals surface area contributed by atoms with Crippen molar-refractivity contribution in [3.63, 3.8) is 0 Å². The molecule has 0 spiro atoms. The van der Waals surface area contributed by atoms with Crippen molar-refractivity contribution in [1.82, 2.24) is 4.98 Å². The van der Waals surface area contributed by atoms with E-state index in [1.54, 1.807) is 0 Å². The number of alkyl halides is 1. The lowest BCUT2D eigenvalue weighted by molar-refractivity contribution is 0.419. The summed E-state index contributed by atoms with van der Waals surface area (Å²) < 4.78 is 0. The van der Waals surface area contributed by atoms with Crippen molar-refractivity contribution in [3.8, 4) is 0 Å². The molecule has 0 amide bonds. The molecule has 1 fully saturated rings. The molecule has 0 aliphatic heterocycles. The first-order valence-electron chi connectivity index (χ1n) is 5.65. The summed E-state index contributed by atoms with van der Waals surface area (Å²) in [6.07, 6.45) is 3.58. The Morgan fingerprint density at radius 3 is 2.60 bits per heavy atom. The highest BCUT2D eigenvalue weighted by molar-refractivity contribution is 7.11. The van der Waals surface area contributed by atoms with E-state index in [9.17, 15) is 0 Å². The Morgan fingerprint density at radius 1 is 1.40 bits per heavy atom. The number of aryl methyl sites for hydroxylation is 2. The topological polar surface area (TPSA) is 12.9 Å². The molecule has 3 heteroatoms. The van der Waals surface area contributed by atoms with Gasteiger partial charge in [0.05, 0.1) is 10.7 Å². The average molecular weight is 244 g/mol. The van der Waals surface area contributed by atoms with E-state index in [2.05, 4.69) is 25.8 Å². The van der Waals surface area contributed by atoms with E-state index in [0.717, 1.165) is 12.3 Å². The minimum Gasteiger partial charge on any atom is -0.246 e. The van der Waals surface area contributed by atoms with Gasteiger partial charge in [-0.1, -0.05) is 6.92 Å². The largest absolute Gasteiger partial charge is 0.246 e. The first-order chi connectivity index (χ1) is 7.08. The minimum atomic E-state index is 0.386. The first-order valence-corrected chi connectivity index (χ1v) is 6.90. The second kappa shape index (κ2) is 4.42. The lowest BCUT2D eigenvalue weighted by Gasteiger charge is -2.15. The minimum absolute atomic E-state index is 0.386. The van der Waals surface area contributed by atoms with Crippen molar-refractivity contribution in [1.29, 1.82) is 0 Å². The highest BCUT2D eigenvalue weighted by Gasteiger charge is 2.31. The number of nitrogens with zero attached hydrogens (tertiary/aromatic N) is 1. The summed E-state index contributed by atoms with van der Waals surface area (Å²) in [4.78, 5) is 5.97. The number of aromatic nitrogens is 1. The maximum atomic E-state index is 6.24. The van der Waals surface area contributed by atoms with Gasteiger partial charge >= 0.3 is 0 Å². The van der Waals surface area contributed by atoms with Gasteiger partial charge in [-0.15, -0.1) is 22.9 Å². The molecule has 1 heterocycles. The molecule has 1 aromatic rings. The Hall–Kier alpha value is -0.0800. The van der Waals surface area contributed by atoms with Crippen molar-refractivity contribution >= 4 is 22.9 Å². The maximum Gasteiger partial charge on any atom is 0.0933 e. The molecule has 1 aromatic heterocycles. The molecular weight excluding hydrogens is 226 g/mol. The van der Waals surface area contributed by atoms with Crippen LogP contribution >= 0.6 is 22.9 Å². The van der Waals surface area contributed by atoms with Crippen molar-refractivity contribution in [3.05, 3.63) is 15.6 Å². The summed E-state index contributed by atoms with van der Waals surface area (Å²) >= 11 is 8.09. The van der Waals surface area contributed by atoms with Crippen molar-refractivity contribution < 1.29 is 0 Å². The Labute approximate surface area is 101 Å². The summed E-state index contributed by atoms with van der Waals surface area (Å²) in [5, 5.41) is 1.68. The van der Waals surface area contributed by atoms with E-state index in [1.807, 2.05) is 11.3 Å². The van der Waals surface area contributed by atoms with Crippen molar-refractivity contribution in [2.45, 2.75) is 45.4 Å². The lowest BCUT2D eigenvalue weighted by Crippen LogP contribution is -2.13. The Morgan fingerprint density at radius 2 is 2.13 bits per heavy atom. The second-order valence-corrected chi connectivity index (χ2v) is 6.51. The van der Waals surface area contributed by atoms with Gasteiger partial charge < -0.3 is 0 Å². The van der Waals surface area contributed by atoms with E-state index in [4.69, 9.17) is 11.6 Å². The van der Waals surface area contributed by atoms with Crippen LogP contribution in [-0.2, 0) is 6.42 Å². The molecule has 1 aliphatic rings. The van der Waals surface area contributed by atoms with E-state index in [1.165, 1.54) is 28.4 Å². The van der Waals surface area contributed by atoms with Gasteiger partial charge in [0.2, 0.25) is 0 Å². The summed E-state index contributed by atoms with van der Waals surface area (Å²) in [6, 6.07) is 0. The molecule has 3 unspecified atom stereocenters. The van der Waals surface area contributed by atoms with Crippen LogP contribution in [0.1, 0.15) is 35.3 Å². The van der Waals surface area contributed by atoms with Crippen LogP contribution in [0.3, 0.4) is 0 Å². The standard InChI is InChI=1S/C12H18ClNS/c1-7-10(4-5-11(7)13)6-12-14-8(2)9(3)15-12/h7,10-11H,4-6H2,1-3H3. The fourth-order valence-electron chi connectivity index (χ4n) is 2.33. The molecule has 0 N–H and O–H groups in total. The summed E-state index contributed by atoms with van der Waals surface area (Å²) in [6.45, 7) is 6.53. The summed E-state index contributed by atoms with van der Waals surface area (Å²) in [7, 11) is 0. The normalized spacial score (nSPS) is 31.1.